The van der Waals surface area contributed by atoms with Crippen LogP contribution >= 0.6 is 11.5 Å². The number of rotatable bonds is 1. The number of carbonyl (C=O) groups excluding carboxylic acids is 1. The lowest BCUT2D eigenvalue weighted by atomic mass is 9.91. The summed E-state index contributed by atoms with van der Waals surface area (Å²) in [6.07, 6.45) is 0. The smallest absolute Gasteiger partial charge is 0.268 e. The van der Waals surface area contributed by atoms with Gasteiger partial charge in [0.25, 0.3) is 5.91 Å². The summed E-state index contributed by atoms with van der Waals surface area (Å²) < 4.78 is 3.97. The number of nitrogen functional groups attached to an aromatic ring is 1. The average Bonchev–Trinajstić information content (AvgIpc) is 3.02. The molecule has 0 saturated heterocycles. The summed E-state index contributed by atoms with van der Waals surface area (Å²) in [5.74, 6) is 0.00435. The standard InChI is InChI=1S/C15H18N4OS/c1-15(2,3)13-12(21-18-17-13)14(20)19-7-9-4-5-11(16)6-10(9)8-19/h4-6H,7-8,16H2,1-3H3. The molecule has 1 aromatic carbocycles. The molecule has 0 aliphatic carbocycles. The Bertz CT molecular complexity index is 702. The molecule has 6 heteroatoms. The molecule has 1 aromatic heterocycles. The first-order chi connectivity index (χ1) is 9.86. The highest BCUT2D eigenvalue weighted by atomic mass is 32.1. The third kappa shape index (κ3) is 2.51. The number of fused-ring (bicyclic) bond motifs is 1. The van der Waals surface area contributed by atoms with Crippen LogP contribution in [0.1, 0.15) is 47.3 Å². The average molecular weight is 302 g/mol. The Morgan fingerprint density at radius 3 is 2.71 bits per heavy atom. The van der Waals surface area contributed by atoms with Gasteiger partial charge in [-0.05, 0) is 34.8 Å². The number of hydrogen-bond acceptors (Lipinski definition) is 5. The van der Waals surface area contributed by atoms with Gasteiger partial charge in [-0.1, -0.05) is 31.3 Å². The predicted octanol–water partition coefficient (Wildman–Crippen LogP) is 2.57. The minimum Gasteiger partial charge on any atom is -0.399 e. The van der Waals surface area contributed by atoms with Gasteiger partial charge in [-0.3, -0.25) is 4.79 Å². The highest BCUT2D eigenvalue weighted by Crippen LogP contribution is 2.30. The van der Waals surface area contributed by atoms with Crippen LogP contribution in [0.3, 0.4) is 0 Å². The van der Waals surface area contributed by atoms with Gasteiger partial charge >= 0.3 is 0 Å². The molecule has 110 valence electrons. The third-order valence-electron chi connectivity index (χ3n) is 3.63. The van der Waals surface area contributed by atoms with Gasteiger partial charge in [0.2, 0.25) is 0 Å². The molecule has 5 nitrogen and oxygen atoms in total. The Balaban J connectivity index is 1.87. The molecule has 2 heterocycles. The van der Waals surface area contributed by atoms with Gasteiger partial charge < -0.3 is 10.6 Å². The van der Waals surface area contributed by atoms with Crippen LogP contribution < -0.4 is 5.73 Å². The summed E-state index contributed by atoms with van der Waals surface area (Å²) in [5.41, 5.74) is 9.41. The molecule has 0 bridgehead atoms. The van der Waals surface area contributed by atoms with Crippen molar-refractivity contribution in [2.24, 2.45) is 0 Å². The molecular weight excluding hydrogens is 284 g/mol. The molecule has 21 heavy (non-hydrogen) atoms. The lowest BCUT2D eigenvalue weighted by Crippen LogP contribution is -2.27. The van der Waals surface area contributed by atoms with Crippen molar-refractivity contribution < 1.29 is 4.79 Å². The first-order valence-corrected chi connectivity index (χ1v) is 7.63. The first kappa shape index (κ1) is 14.0. The maximum absolute atomic E-state index is 12.8. The third-order valence-corrected chi connectivity index (χ3v) is 4.35. The quantitative estimate of drug-likeness (QED) is 0.822. The fourth-order valence-corrected chi connectivity index (χ4v) is 3.37. The number of benzene rings is 1. The lowest BCUT2D eigenvalue weighted by Gasteiger charge is -2.19. The Morgan fingerprint density at radius 2 is 2.00 bits per heavy atom. The summed E-state index contributed by atoms with van der Waals surface area (Å²) in [6, 6.07) is 5.81. The SMILES string of the molecule is CC(C)(C)c1nnsc1C(=O)N1Cc2ccc(N)cc2C1. The zero-order valence-electron chi connectivity index (χ0n) is 12.4. The fourth-order valence-electron chi connectivity index (χ4n) is 2.52. The van der Waals surface area contributed by atoms with Crippen molar-refractivity contribution in [1.29, 1.82) is 0 Å². The lowest BCUT2D eigenvalue weighted by molar-refractivity contribution is 0.0753. The molecule has 2 N–H and O–H groups in total. The van der Waals surface area contributed by atoms with Gasteiger partial charge in [0.1, 0.15) is 4.88 Å². The summed E-state index contributed by atoms with van der Waals surface area (Å²) in [7, 11) is 0. The van der Waals surface area contributed by atoms with Crippen LogP contribution in [0.5, 0.6) is 0 Å². The van der Waals surface area contributed by atoms with Crippen LogP contribution in [-0.2, 0) is 18.5 Å². The van der Waals surface area contributed by atoms with E-state index in [0.29, 0.717) is 18.0 Å². The van der Waals surface area contributed by atoms with Crippen molar-refractivity contribution in [2.75, 3.05) is 5.73 Å². The van der Waals surface area contributed by atoms with Gasteiger partial charge in [0.15, 0.2) is 0 Å². The first-order valence-electron chi connectivity index (χ1n) is 6.85. The number of anilines is 1. The normalized spacial score (nSPS) is 14.3. The van der Waals surface area contributed by atoms with Gasteiger partial charge in [-0.15, -0.1) is 5.10 Å². The minimum atomic E-state index is -0.186. The molecule has 1 aliphatic heterocycles. The maximum atomic E-state index is 12.8. The second-order valence-corrected chi connectivity index (χ2v) is 7.14. The molecule has 0 fully saturated rings. The van der Waals surface area contributed by atoms with Gasteiger partial charge in [0.05, 0.1) is 5.69 Å². The number of nitrogens with zero attached hydrogens (tertiary/aromatic N) is 3. The van der Waals surface area contributed by atoms with Gasteiger partial charge in [-0.25, -0.2) is 0 Å². The Morgan fingerprint density at radius 1 is 1.29 bits per heavy atom. The van der Waals surface area contributed by atoms with Crippen molar-refractivity contribution in [3.8, 4) is 0 Å². The second kappa shape index (κ2) is 4.80. The molecule has 0 unspecified atom stereocenters. The molecule has 0 atom stereocenters. The van der Waals surface area contributed by atoms with E-state index in [1.165, 1.54) is 11.5 Å². The number of nitrogens with two attached hydrogens (primary N) is 1. The predicted molar refractivity (Wildman–Crippen MR) is 83.0 cm³/mol. The molecular formula is C15H18N4OS. The molecule has 2 aromatic rings. The van der Waals surface area contributed by atoms with Crippen LogP contribution in [0.2, 0.25) is 0 Å². The second-order valence-electron chi connectivity index (χ2n) is 6.39. The Labute approximate surface area is 127 Å². The highest BCUT2D eigenvalue weighted by Gasteiger charge is 2.31. The van der Waals surface area contributed by atoms with E-state index in [2.05, 4.69) is 9.59 Å². The van der Waals surface area contributed by atoms with E-state index in [4.69, 9.17) is 5.73 Å². The van der Waals surface area contributed by atoms with E-state index in [0.717, 1.165) is 22.5 Å². The molecule has 0 spiro atoms. The number of amides is 1. The number of carbonyl (C=O) groups is 1. The van der Waals surface area contributed by atoms with Crippen LogP contribution in [0.15, 0.2) is 18.2 Å². The molecule has 0 saturated carbocycles. The van der Waals surface area contributed by atoms with Crippen LogP contribution in [0.4, 0.5) is 5.69 Å². The molecule has 0 radical (unpaired) electrons. The van der Waals surface area contributed by atoms with Crippen molar-refractivity contribution in [3.63, 3.8) is 0 Å². The largest absolute Gasteiger partial charge is 0.399 e. The van der Waals surface area contributed by atoms with E-state index in [9.17, 15) is 4.79 Å². The zero-order chi connectivity index (χ0) is 15.2. The van der Waals surface area contributed by atoms with Crippen molar-refractivity contribution >= 4 is 23.1 Å². The maximum Gasteiger partial charge on any atom is 0.268 e. The number of aromatic nitrogens is 2. The van der Waals surface area contributed by atoms with E-state index in [1.54, 1.807) is 0 Å². The highest BCUT2D eigenvalue weighted by molar-refractivity contribution is 7.08. The van der Waals surface area contributed by atoms with Gasteiger partial charge in [0, 0.05) is 24.2 Å². The van der Waals surface area contributed by atoms with Gasteiger partial charge in [-0.2, -0.15) is 0 Å². The van der Waals surface area contributed by atoms with Crippen LogP contribution in [0.25, 0.3) is 0 Å². The Hall–Kier alpha value is -1.95. The van der Waals surface area contributed by atoms with E-state index < -0.39 is 0 Å². The molecule has 1 aliphatic rings. The van der Waals surface area contributed by atoms with E-state index in [-0.39, 0.29) is 11.3 Å². The molecule has 3 rings (SSSR count). The topological polar surface area (TPSA) is 72.1 Å². The minimum absolute atomic E-state index is 0.00435. The molecule has 1 amide bonds. The summed E-state index contributed by atoms with van der Waals surface area (Å²) >= 11 is 1.18. The van der Waals surface area contributed by atoms with Crippen molar-refractivity contribution in [1.82, 2.24) is 14.5 Å². The van der Waals surface area contributed by atoms with E-state index in [1.807, 2.05) is 43.9 Å². The monoisotopic (exact) mass is 302 g/mol. The zero-order valence-corrected chi connectivity index (χ0v) is 13.2. The van der Waals surface area contributed by atoms with Crippen molar-refractivity contribution in [2.45, 2.75) is 39.3 Å². The van der Waals surface area contributed by atoms with E-state index >= 15 is 0 Å². The van der Waals surface area contributed by atoms with Crippen molar-refractivity contribution in [3.05, 3.63) is 39.9 Å². The Kier molecular flexibility index (Phi) is 3.20. The summed E-state index contributed by atoms with van der Waals surface area (Å²) in [5, 5.41) is 4.14. The number of hydrogen-bond donors (Lipinski definition) is 1. The summed E-state index contributed by atoms with van der Waals surface area (Å²) in [4.78, 5) is 15.2. The van der Waals surface area contributed by atoms with Crippen LogP contribution in [0, 0.1) is 0 Å². The van der Waals surface area contributed by atoms with Crippen LogP contribution in [-0.4, -0.2) is 20.4 Å². The summed E-state index contributed by atoms with van der Waals surface area (Å²) in [6.45, 7) is 7.34. The fraction of sp³-hybridized carbons (Fsp3) is 0.400.